The Hall–Kier alpha value is -9.50. The molecule has 12 aromatic carbocycles. The summed E-state index contributed by atoms with van der Waals surface area (Å²) < 4.78 is 6.78. The molecule has 1 heterocycles. The second-order valence-corrected chi connectivity index (χ2v) is 19.1. The Morgan fingerprint density at radius 2 is 0.795 bits per heavy atom. The van der Waals surface area contributed by atoms with Crippen LogP contribution in [0.5, 0.6) is 0 Å². The minimum atomic E-state index is -0.643. The van der Waals surface area contributed by atoms with Crippen LogP contribution in [0.25, 0.3) is 88.3 Å². The van der Waals surface area contributed by atoms with Crippen molar-refractivity contribution in [2.45, 2.75) is 5.41 Å². The third kappa shape index (κ3) is 6.94. The predicted octanol–water partition coefficient (Wildman–Crippen LogP) is 19.2. The summed E-state index contributed by atoms with van der Waals surface area (Å²) in [6.45, 7) is 0. The van der Waals surface area contributed by atoms with Gasteiger partial charge >= 0.3 is 0 Å². The van der Waals surface area contributed by atoms with Crippen LogP contribution in [-0.2, 0) is 5.41 Å². The second-order valence-electron chi connectivity index (χ2n) is 19.1. The van der Waals surface area contributed by atoms with E-state index >= 15 is 0 Å². The molecule has 0 atom stereocenters. The lowest BCUT2D eigenvalue weighted by Gasteiger charge is -2.35. The number of hydrogen-bond donors (Lipinski definition) is 0. The fourth-order valence-corrected chi connectivity index (χ4v) is 11.9. The highest BCUT2D eigenvalue weighted by atomic mass is 16.3. The first kappa shape index (κ1) is 42.4. The van der Waals surface area contributed by atoms with Crippen LogP contribution in [0.4, 0.5) is 17.1 Å². The largest absolute Gasteiger partial charge is 0.456 e. The van der Waals surface area contributed by atoms with Gasteiger partial charge in [-0.05, 0) is 132 Å². The van der Waals surface area contributed by atoms with E-state index in [0.29, 0.717) is 0 Å². The number of fused-ring (bicyclic) bond motifs is 7. The molecule has 1 aliphatic carbocycles. The molecule has 2 heteroatoms. The average molecular weight is 930 g/mol. The Kier molecular flexibility index (Phi) is 10.1. The van der Waals surface area contributed by atoms with Crippen molar-refractivity contribution in [3.05, 3.63) is 307 Å². The molecule has 0 fully saturated rings. The molecule has 0 spiro atoms. The third-order valence-electron chi connectivity index (χ3n) is 15.2. The molecule has 0 amide bonds. The molecule has 0 radical (unpaired) electrons. The number of rotatable bonds is 9. The van der Waals surface area contributed by atoms with Crippen LogP contribution in [0.2, 0.25) is 0 Å². The fraction of sp³-hybridized carbons (Fsp3) is 0.0141. The van der Waals surface area contributed by atoms with Crippen molar-refractivity contribution in [3.8, 4) is 55.6 Å². The Morgan fingerprint density at radius 3 is 1.53 bits per heavy atom. The zero-order chi connectivity index (χ0) is 48.3. The number of para-hydroxylation sites is 1. The Balaban J connectivity index is 1.02. The van der Waals surface area contributed by atoms with Crippen molar-refractivity contribution in [1.29, 1.82) is 0 Å². The van der Waals surface area contributed by atoms with E-state index in [1.54, 1.807) is 0 Å². The van der Waals surface area contributed by atoms with Gasteiger partial charge in [0.15, 0.2) is 0 Å². The summed E-state index contributed by atoms with van der Waals surface area (Å²) in [7, 11) is 0. The SMILES string of the molecule is c1ccc(-c2cccc(C3(c4cccc(N(c5ccccc5-c5ccc(-c6cccc7ccccc67)cc5)c5cccc6oc7ccc(-c8ccccc8)cc7c56)c4)c4ccccc4-c4ccccc43)c2)cc1. The van der Waals surface area contributed by atoms with E-state index in [1.165, 1.54) is 66.4 Å². The summed E-state index contributed by atoms with van der Waals surface area (Å²) in [6, 6.07) is 104. The maximum absolute atomic E-state index is 6.78. The standard InChI is InChI=1S/C71H47NO/c1-3-19-48(20-4-1)53-25-15-26-55(45-53)71(64-34-12-9-31-61(64)62-32-10-13-35-65(62)71)56-27-17-28-57(47-56)72(67-37-18-38-69-70(67)63-46-54(43-44-68(63)73-69)49-21-5-2-6-22-49)66-36-14-11-30-60(66)52-41-39-51(40-42-52)59-33-16-24-50-23-7-8-29-58(50)59/h1-47H. The van der Waals surface area contributed by atoms with Crippen LogP contribution in [0.15, 0.2) is 290 Å². The lowest BCUT2D eigenvalue weighted by molar-refractivity contribution is 0.669. The van der Waals surface area contributed by atoms with E-state index in [1.807, 2.05) is 0 Å². The van der Waals surface area contributed by atoms with Gasteiger partial charge in [0.1, 0.15) is 11.2 Å². The van der Waals surface area contributed by atoms with Gasteiger partial charge in [-0.1, -0.05) is 237 Å². The van der Waals surface area contributed by atoms with Crippen LogP contribution in [-0.4, -0.2) is 0 Å². The molecule has 1 aromatic heterocycles. The molecule has 0 aliphatic heterocycles. The smallest absolute Gasteiger partial charge is 0.137 e. The lowest BCUT2D eigenvalue weighted by Crippen LogP contribution is -2.29. The number of nitrogens with zero attached hydrogens (tertiary/aromatic N) is 1. The molecule has 0 saturated carbocycles. The summed E-state index contributed by atoms with van der Waals surface area (Å²) in [4.78, 5) is 2.48. The first-order valence-corrected chi connectivity index (χ1v) is 25.2. The first-order valence-electron chi connectivity index (χ1n) is 25.2. The number of benzene rings is 12. The fourth-order valence-electron chi connectivity index (χ4n) is 11.9. The van der Waals surface area contributed by atoms with Crippen molar-refractivity contribution in [2.75, 3.05) is 4.90 Å². The number of hydrogen-bond acceptors (Lipinski definition) is 2. The maximum Gasteiger partial charge on any atom is 0.137 e. The topological polar surface area (TPSA) is 16.4 Å². The van der Waals surface area contributed by atoms with E-state index in [2.05, 4.69) is 290 Å². The summed E-state index contributed by atoms with van der Waals surface area (Å²) >= 11 is 0. The van der Waals surface area contributed by atoms with Crippen molar-refractivity contribution in [1.82, 2.24) is 0 Å². The van der Waals surface area contributed by atoms with E-state index in [9.17, 15) is 0 Å². The molecular formula is C71H47NO. The minimum absolute atomic E-state index is 0.643. The second kappa shape index (κ2) is 17.4. The highest BCUT2D eigenvalue weighted by molar-refractivity contribution is 6.15. The lowest BCUT2D eigenvalue weighted by atomic mass is 9.67. The van der Waals surface area contributed by atoms with E-state index in [0.717, 1.165) is 61.3 Å². The maximum atomic E-state index is 6.78. The molecule has 13 aromatic rings. The highest BCUT2D eigenvalue weighted by Crippen LogP contribution is 2.57. The molecule has 0 bridgehead atoms. The van der Waals surface area contributed by atoms with Crippen molar-refractivity contribution < 1.29 is 4.42 Å². The van der Waals surface area contributed by atoms with Gasteiger partial charge < -0.3 is 9.32 Å². The van der Waals surface area contributed by atoms with Crippen LogP contribution >= 0.6 is 0 Å². The van der Waals surface area contributed by atoms with Gasteiger partial charge in [0.05, 0.1) is 22.2 Å². The summed E-state index contributed by atoms with van der Waals surface area (Å²) in [5.41, 5.74) is 21.0. The van der Waals surface area contributed by atoms with Crippen LogP contribution in [0, 0.1) is 0 Å². The van der Waals surface area contributed by atoms with Gasteiger partial charge in [-0.25, -0.2) is 0 Å². The van der Waals surface area contributed by atoms with Crippen molar-refractivity contribution in [3.63, 3.8) is 0 Å². The van der Waals surface area contributed by atoms with Gasteiger partial charge in [-0.2, -0.15) is 0 Å². The first-order chi connectivity index (χ1) is 36.2. The summed E-state index contributed by atoms with van der Waals surface area (Å²) in [5, 5.41) is 4.61. The van der Waals surface area contributed by atoms with Gasteiger partial charge in [0.2, 0.25) is 0 Å². The van der Waals surface area contributed by atoms with Crippen LogP contribution in [0.3, 0.4) is 0 Å². The monoisotopic (exact) mass is 929 g/mol. The molecule has 0 saturated heterocycles. The number of anilines is 3. The Morgan fingerprint density at radius 1 is 0.288 bits per heavy atom. The van der Waals surface area contributed by atoms with Crippen molar-refractivity contribution >= 4 is 49.8 Å². The van der Waals surface area contributed by atoms with E-state index < -0.39 is 5.41 Å². The van der Waals surface area contributed by atoms with Crippen molar-refractivity contribution in [2.24, 2.45) is 0 Å². The van der Waals surface area contributed by atoms with Gasteiger partial charge in [0, 0.05) is 16.6 Å². The highest BCUT2D eigenvalue weighted by Gasteiger charge is 2.46. The van der Waals surface area contributed by atoms with Gasteiger partial charge in [-0.3, -0.25) is 0 Å². The average Bonchev–Trinajstić information content (AvgIpc) is 4.00. The molecule has 0 unspecified atom stereocenters. The summed E-state index contributed by atoms with van der Waals surface area (Å²) in [6.07, 6.45) is 0. The Bertz CT molecular complexity index is 4150. The zero-order valence-electron chi connectivity index (χ0n) is 40.0. The van der Waals surface area contributed by atoms with Gasteiger partial charge in [0.25, 0.3) is 0 Å². The van der Waals surface area contributed by atoms with E-state index in [-0.39, 0.29) is 0 Å². The normalized spacial score (nSPS) is 12.5. The van der Waals surface area contributed by atoms with Gasteiger partial charge in [-0.15, -0.1) is 0 Å². The predicted molar refractivity (Wildman–Crippen MR) is 305 cm³/mol. The van der Waals surface area contributed by atoms with E-state index in [4.69, 9.17) is 4.42 Å². The summed E-state index contributed by atoms with van der Waals surface area (Å²) in [5.74, 6) is 0. The van der Waals surface area contributed by atoms with Crippen LogP contribution in [0.1, 0.15) is 22.3 Å². The van der Waals surface area contributed by atoms with Crippen LogP contribution < -0.4 is 4.90 Å². The zero-order valence-corrected chi connectivity index (χ0v) is 40.0. The third-order valence-corrected chi connectivity index (χ3v) is 15.2. The molecule has 1 aliphatic rings. The molecule has 73 heavy (non-hydrogen) atoms. The quantitative estimate of drug-likeness (QED) is 0.143. The Labute approximate surface area is 425 Å². The molecule has 342 valence electrons. The molecular weight excluding hydrogens is 883 g/mol. The molecule has 14 rings (SSSR count). The molecule has 2 nitrogen and oxygen atoms in total. The molecule has 0 N–H and O–H groups in total. The number of furan rings is 1. The minimum Gasteiger partial charge on any atom is -0.456 e.